The minimum Gasteiger partial charge on any atom is -0.468 e. The van der Waals surface area contributed by atoms with Gasteiger partial charge >= 0.3 is 18.1 Å². The van der Waals surface area contributed by atoms with Crippen molar-refractivity contribution in [2.45, 2.75) is 13.1 Å². The smallest absolute Gasteiger partial charge is 0.417 e. The topological polar surface area (TPSA) is 64.6 Å². The molecule has 116 valence electrons. The van der Waals surface area contributed by atoms with E-state index in [4.69, 9.17) is 0 Å². The van der Waals surface area contributed by atoms with Crippen LogP contribution in [-0.2, 0) is 20.4 Å². The lowest BCUT2D eigenvalue weighted by atomic mass is 10.0. The molecule has 0 aliphatic heterocycles. The summed E-state index contributed by atoms with van der Waals surface area (Å²) in [5.74, 6) is -1.79. The Labute approximate surface area is 119 Å². The molecule has 0 atom stereocenters. The van der Waals surface area contributed by atoms with Crippen LogP contribution in [0.4, 0.5) is 18.9 Å². The van der Waals surface area contributed by atoms with Crippen LogP contribution in [0.25, 0.3) is 0 Å². The summed E-state index contributed by atoms with van der Waals surface area (Å²) in [6.07, 6.45) is -4.72. The van der Waals surface area contributed by atoms with Crippen LogP contribution < -0.4 is 5.32 Å². The van der Waals surface area contributed by atoms with E-state index in [1.165, 1.54) is 13.0 Å². The van der Waals surface area contributed by atoms with Crippen molar-refractivity contribution in [2.75, 3.05) is 25.6 Å². The molecule has 0 aliphatic rings. The molecular formula is C13H14F3NO4. The summed E-state index contributed by atoms with van der Waals surface area (Å²) in [5.41, 5.74) is -1.93. The Morgan fingerprint density at radius 3 is 2.48 bits per heavy atom. The zero-order valence-corrected chi connectivity index (χ0v) is 11.4. The second kappa shape index (κ2) is 6.96. The first-order valence-electron chi connectivity index (χ1n) is 5.99. The minimum absolute atomic E-state index is 0.0680. The number of carbonyl (C=O) groups excluding carboxylic acids is 2. The molecule has 0 unspecified atom stereocenters. The third-order valence-corrected chi connectivity index (χ3v) is 2.50. The van der Waals surface area contributed by atoms with Crippen LogP contribution in [0.5, 0.6) is 0 Å². The molecule has 0 aromatic heterocycles. The highest BCUT2D eigenvalue weighted by molar-refractivity contribution is 5.98. The molecule has 1 rings (SSSR count). The molecule has 21 heavy (non-hydrogen) atoms. The molecule has 0 radical (unpaired) electrons. The van der Waals surface area contributed by atoms with Crippen LogP contribution in [0.15, 0.2) is 18.2 Å². The van der Waals surface area contributed by atoms with Crippen molar-refractivity contribution in [3.05, 3.63) is 29.3 Å². The summed E-state index contributed by atoms with van der Waals surface area (Å²) in [6, 6.07) is 3.16. The molecule has 0 saturated heterocycles. The van der Waals surface area contributed by atoms with Gasteiger partial charge in [0.15, 0.2) is 0 Å². The monoisotopic (exact) mass is 305 g/mol. The van der Waals surface area contributed by atoms with E-state index in [9.17, 15) is 22.8 Å². The highest BCUT2D eigenvalue weighted by atomic mass is 19.4. The lowest BCUT2D eigenvalue weighted by Crippen LogP contribution is -2.21. The van der Waals surface area contributed by atoms with Gasteiger partial charge in [-0.3, -0.25) is 4.79 Å². The van der Waals surface area contributed by atoms with Gasteiger partial charge in [0, 0.05) is 5.69 Å². The average molecular weight is 305 g/mol. The lowest BCUT2D eigenvalue weighted by Gasteiger charge is -2.16. The molecule has 0 amide bonds. The van der Waals surface area contributed by atoms with E-state index in [1.807, 2.05) is 0 Å². The molecule has 0 fully saturated rings. The summed E-state index contributed by atoms with van der Waals surface area (Å²) < 4.78 is 47.9. The highest BCUT2D eigenvalue weighted by Gasteiger charge is 2.37. The van der Waals surface area contributed by atoms with Gasteiger partial charge in [0.2, 0.25) is 0 Å². The van der Waals surface area contributed by atoms with Crippen LogP contribution in [0.1, 0.15) is 22.8 Å². The maximum absolute atomic E-state index is 13.0. The van der Waals surface area contributed by atoms with Gasteiger partial charge in [0.05, 0.1) is 24.8 Å². The predicted octanol–water partition coefficient (Wildman–Crippen LogP) is 2.47. The van der Waals surface area contributed by atoms with Gasteiger partial charge < -0.3 is 14.8 Å². The van der Waals surface area contributed by atoms with Crippen LogP contribution in [0, 0.1) is 0 Å². The van der Waals surface area contributed by atoms with E-state index in [0.717, 1.165) is 19.2 Å². The third kappa shape index (κ3) is 4.37. The summed E-state index contributed by atoms with van der Waals surface area (Å²) in [6.45, 7) is 1.04. The van der Waals surface area contributed by atoms with Gasteiger partial charge in [0.1, 0.15) is 6.54 Å². The largest absolute Gasteiger partial charge is 0.468 e. The summed E-state index contributed by atoms with van der Waals surface area (Å²) in [4.78, 5) is 22.8. The molecule has 1 aromatic carbocycles. The Morgan fingerprint density at radius 1 is 1.29 bits per heavy atom. The van der Waals surface area contributed by atoms with Crippen molar-refractivity contribution in [1.82, 2.24) is 0 Å². The molecule has 5 nitrogen and oxygen atoms in total. The zero-order valence-electron chi connectivity index (χ0n) is 11.4. The number of anilines is 1. The average Bonchev–Trinajstić information content (AvgIpc) is 2.43. The third-order valence-electron chi connectivity index (χ3n) is 2.50. The van der Waals surface area contributed by atoms with Gasteiger partial charge in [-0.2, -0.15) is 13.2 Å². The van der Waals surface area contributed by atoms with E-state index < -0.39 is 29.2 Å². The van der Waals surface area contributed by atoms with Crippen LogP contribution >= 0.6 is 0 Å². The lowest BCUT2D eigenvalue weighted by molar-refractivity contribution is -0.138. The van der Waals surface area contributed by atoms with Crippen molar-refractivity contribution in [2.24, 2.45) is 0 Å². The van der Waals surface area contributed by atoms with E-state index >= 15 is 0 Å². The summed E-state index contributed by atoms with van der Waals surface area (Å²) >= 11 is 0. The first-order valence-corrected chi connectivity index (χ1v) is 5.99. The number of carbonyl (C=O) groups is 2. The number of ether oxygens (including phenoxy) is 2. The van der Waals surface area contributed by atoms with Crippen molar-refractivity contribution in [3.63, 3.8) is 0 Å². The van der Waals surface area contributed by atoms with Crippen molar-refractivity contribution in [1.29, 1.82) is 0 Å². The van der Waals surface area contributed by atoms with E-state index in [2.05, 4.69) is 14.8 Å². The van der Waals surface area contributed by atoms with Gasteiger partial charge in [-0.1, -0.05) is 6.07 Å². The number of benzene rings is 1. The van der Waals surface area contributed by atoms with E-state index in [-0.39, 0.29) is 18.8 Å². The molecule has 0 spiro atoms. The molecule has 1 aromatic rings. The Hall–Kier alpha value is -2.25. The zero-order chi connectivity index (χ0) is 16.0. The fourth-order valence-corrected chi connectivity index (χ4v) is 1.60. The molecule has 0 heterocycles. The van der Waals surface area contributed by atoms with Gasteiger partial charge in [-0.25, -0.2) is 4.79 Å². The number of hydrogen-bond donors (Lipinski definition) is 1. The predicted molar refractivity (Wildman–Crippen MR) is 67.9 cm³/mol. The Kier molecular flexibility index (Phi) is 5.57. The Balaban J connectivity index is 3.23. The fourth-order valence-electron chi connectivity index (χ4n) is 1.60. The fraction of sp³-hybridized carbons (Fsp3) is 0.385. The number of rotatable bonds is 5. The number of halogens is 3. The van der Waals surface area contributed by atoms with Crippen LogP contribution in [0.3, 0.4) is 0 Å². The summed E-state index contributed by atoms with van der Waals surface area (Å²) in [7, 11) is 1.14. The number of nitrogens with one attached hydrogen (secondary N) is 1. The molecular weight excluding hydrogens is 291 g/mol. The minimum atomic E-state index is -4.72. The molecule has 8 heteroatoms. The molecule has 0 aliphatic carbocycles. The normalized spacial score (nSPS) is 10.9. The standard InChI is InChI=1S/C13H14F3NO4/c1-3-21-12(19)11-8(13(14,15)16)5-4-6-9(11)17-7-10(18)20-2/h4-6,17H,3,7H2,1-2H3. The first kappa shape index (κ1) is 16.8. The van der Waals surface area contributed by atoms with Crippen molar-refractivity contribution >= 4 is 17.6 Å². The second-order valence-electron chi connectivity index (χ2n) is 3.88. The van der Waals surface area contributed by atoms with Gasteiger partial charge in [0.25, 0.3) is 0 Å². The van der Waals surface area contributed by atoms with Gasteiger partial charge in [-0.05, 0) is 19.1 Å². The maximum Gasteiger partial charge on any atom is 0.417 e. The maximum atomic E-state index is 13.0. The second-order valence-corrected chi connectivity index (χ2v) is 3.88. The van der Waals surface area contributed by atoms with E-state index in [1.54, 1.807) is 0 Å². The van der Waals surface area contributed by atoms with Crippen LogP contribution in [-0.4, -0.2) is 32.2 Å². The quantitative estimate of drug-likeness (QED) is 0.847. The number of hydrogen-bond acceptors (Lipinski definition) is 5. The highest BCUT2D eigenvalue weighted by Crippen LogP contribution is 2.35. The molecule has 0 bridgehead atoms. The first-order chi connectivity index (χ1) is 9.81. The molecule has 1 N–H and O–H groups in total. The van der Waals surface area contributed by atoms with Crippen LogP contribution in [0.2, 0.25) is 0 Å². The number of methoxy groups -OCH3 is 1. The SMILES string of the molecule is CCOC(=O)c1c(NCC(=O)OC)cccc1C(F)(F)F. The Bertz CT molecular complexity index is 529. The Morgan fingerprint density at radius 2 is 1.95 bits per heavy atom. The van der Waals surface area contributed by atoms with Crippen molar-refractivity contribution < 1.29 is 32.2 Å². The molecule has 0 saturated carbocycles. The van der Waals surface area contributed by atoms with Crippen molar-refractivity contribution in [3.8, 4) is 0 Å². The van der Waals surface area contributed by atoms with E-state index in [0.29, 0.717) is 0 Å². The number of alkyl halides is 3. The number of esters is 2. The van der Waals surface area contributed by atoms with Gasteiger partial charge in [-0.15, -0.1) is 0 Å². The summed E-state index contributed by atoms with van der Waals surface area (Å²) in [5, 5.41) is 2.44.